The topological polar surface area (TPSA) is 17.1 Å². The van der Waals surface area contributed by atoms with Crippen LogP contribution in [0.4, 0.5) is 0 Å². The minimum atomic E-state index is -0.531. The van der Waals surface area contributed by atoms with E-state index >= 15 is 4.79 Å². The van der Waals surface area contributed by atoms with Gasteiger partial charge in [0.25, 0.3) is 0 Å². The Morgan fingerprint density at radius 3 is 1.21 bits per heavy atom. The first kappa shape index (κ1) is 75.6. The average Bonchev–Trinajstić information content (AvgIpc) is 1.09. The molecule has 11 heteroatoms. The minimum Gasteiger partial charge on any atom is -0.289 e. The first-order valence-corrected chi connectivity index (χ1v) is 48.0. The number of ketones is 1. The van der Waals surface area contributed by atoms with Gasteiger partial charge in [0.2, 0.25) is 0 Å². The predicted octanol–water partition coefficient (Wildman–Crippen LogP) is 33.7. The quantitative estimate of drug-likeness (QED) is 0.0303. The summed E-state index contributed by atoms with van der Waals surface area (Å²) in [6.07, 6.45) is 39.5. The molecule has 0 bridgehead atoms. The molecule has 4 aliphatic rings. The van der Waals surface area contributed by atoms with E-state index < -0.39 is 10.8 Å². The summed E-state index contributed by atoms with van der Waals surface area (Å²) in [5, 5.41) is 6.47. The van der Waals surface area contributed by atoms with Gasteiger partial charge in [0, 0.05) is 110 Å². The molecule has 2 aromatic carbocycles. The lowest BCUT2D eigenvalue weighted by molar-refractivity contribution is 0.103. The van der Waals surface area contributed by atoms with Crippen molar-refractivity contribution in [3.63, 3.8) is 0 Å². The van der Waals surface area contributed by atoms with Gasteiger partial charge in [-0.25, -0.2) is 0 Å². The van der Waals surface area contributed by atoms with Crippen LogP contribution in [0, 0.1) is 16.2 Å². The molecule has 10 heterocycles. The Morgan fingerprint density at radius 1 is 0.352 bits per heavy atom. The third-order valence-electron chi connectivity index (χ3n) is 23.2. The molecule has 0 N–H and O–H groups in total. The van der Waals surface area contributed by atoms with Crippen LogP contribution in [0.15, 0.2) is 220 Å². The number of allylic oxidation sites excluding steroid dienone is 14. The van der Waals surface area contributed by atoms with E-state index in [4.69, 9.17) is 0 Å². The lowest BCUT2D eigenvalue weighted by Crippen LogP contribution is -2.49. The molecule has 16 rings (SSSR count). The van der Waals surface area contributed by atoms with Crippen molar-refractivity contribution in [2.75, 3.05) is 0 Å². The van der Waals surface area contributed by atoms with Gasteiger partial charge in [-0.3, -0.25) is 4.79 Å². The van der Waals surface area contributed by atoms with Crippen molar-refractivity contribution in [1.82, 2.24) is 0 Å². The number of rotatable bonds is 32. The van der Waals surface area contributed by atoms with Gasteiger partial charge in [0.05, 0.1) is 0 Å². The monoisotopic (exact) mass is 1600 g/mol. The molecular formula is C97H98OS10. The molecule has 1 nitrogen and oxygen atoms in total. The van der Waals surface area contributed by atoms with Crippen LogP contribution >= 0.6 is 113 Å². The van der Waals surface area contributed by atoms with E-state index in [0.717, 1.165) is 47.6 Å². The lowest BCUT2D eigenvalue weighted by atomic mass is 9.44. The maximum atomic E-state index is 15.8. The van der Waals surface area contributed by atoms with E-state index in [9.17, 15) is 0 Å². The third kappa shape index (κ3) is 14.6. The number of unbranched alkanes of at least 4 members (excludes halogenated alkanes) is 12. The standard InChI is InChI=1S/C97H98OS10/c1-10-14-18-22-34-68-70(36-24-20-16-12-3)93(107-91(68)86-49-45-80(103-86)78-39-29-53-99-78)88-51-47-84(105-88)82-43-41-76(101-82)72-59-65-57-63(95(5,6)7)60-75-73(58-64-55-62(56-74(72)96(64,8)97(65,75)9)90(98)67-38-28-32-61-31-26-27-33-66(61)67)77-42-44-83(102-77)85-48-52-89(106-85)94-71(37-25-21-17-13-4)69(35-23-19-15-11-2)92(108-94)87-50-46-81(104-87)79-40-30-54-100-79/h26-33,38-60H,10-25,34-37H2,1-9H3/t96-,97+/m0/s1. The number of carbonyl (C=O) groups excluding carboxylic acids is 1. The molecule has 0 saturated heterocycles. The molecule has 2 atom stereocenters. The number of benzene rings is 2. The average molecular weight is 1600 g/mol. The second kappa shape index (κ2) is 32.7. The van der Waals surface area contributed by atoms with Gasteiger partial charge in [0.1, 0.15) is 0 Å². The summed E-state index contributed by atoms with van der Waals surface area (Å²) in [5.41, 5.74) is 15.7. The lowest BCUT2D eigenvalue weighted by Gasteiger charge is -2.58. The second-order valence-electron chi connectivity index (χ2n) is 31.3. The SMILES string of the molecule is CCCCCCc1c(-c2ccc(-c3cccs3)s2)sc(-c2ccc(-c3ccc(C4=CC5=CC(C(C)(C)C)=CC6=C(c7ccc(-c8ccc(-c9sc(-c%10ccc(-c%11cccs%11)s%10)c(CCCCCC)c9CCCCCC)s8)s7)C=C7C=C(C(=O)c8cccc9ccccc89)C=C4[C@@]7(C)[C@]56C)s3)s2)c1CCCCCC. The van der Waals surface area contributed by atoms with Crippen molar-refractivity contribution in [3.8, 4) is 78.0 Å². The summed E-state index contributed by atoms with van der Waals surface area (Å²) in [6.45, 7) is 21.5. The van der Waals surface area contributed by atoms with Crippen LogP contribution in [-0.2, 0) is 25.7 Å². The number of thiophene rings is 10. The minimum absolute atomic E-state index is 0.0598. The van der Waals surface area contributed by atoms with Crippen LogP contribution in [0.5, 0.6) is 0 Å². The predicted molar refractivity (Wildman–Crippen MR) is 486 cm³/mol. The molecule has 10 aromatic heterocycles. The van der Waals surface area contributed by atoms with E-state index in [1.165, 1.54) is 230 Å². The van der Waals surface area contributed by atoms with Crippen LogP contribution in [0.25, 0.3) is 100.0 Å². The molecule has 0 spiro atoms. The Labute approximate surface area is 682 Å². The molecule has 0 fully saturated rings. The summed E-state index contributed by atoms with van der Waals surface area (Å²) >= 11 is 19.6. The van der Waals surface area contributed by atoms with E-state index in [-0.39, 0.29) is 11.2 Å². The number of hydrogen-bond donors (Lipinski definition) is 0. The highest BCUT2D eigenvalue weighted by molar-refractivity contribution is 7.31. The van der Waals surface area contributed by atoms with Crippen molar-refractivity contribution in [2.24, 2.45) is 16.2 Å². The van der Waals surface area contributed by atoms with Gasteiger partial charge in [-0.1, -0.05) is 206 Å². The maximum Gasteiger partial charge on any atom is 0.193 e. The molecule has 0 saturated carbocycles. The summed E-state index contributed by atoms with van der Waals surface area (Å²) in [7, 11) is 0. The third-order valence-corrected chi connectivity index (χ3v) is 35.6. The zero-order valence-electron chi connectivity index (χ0n) is 64.0. The number of Topliss-reactive ketones (excluding diaryl/α,β-unsaturated/α-hetero) is 1. The highest BCUT2D eigenvalue weighted by Gasteiger charge is 2.60. The fraction of sp³-hybridized carbons (Fsp3) is 0.330. The van der Waals surface area contributed by atoms with Crippen molar-refractivity contribution < 1.29 is 4.79 Å². The van der Waals surface area contributed by atoms with E-state index in [2.05, 4.69) is 266 Å². The fourth-order valence-corrected chi connectivity index (χ4v) is 28.3. The molecule has 12 aromatic rings. The Morgan fingerprint density at radius 2 is 0.759 bits per heavy atom. The van der Waals surface area contributed by atoms with Crippen molar-refractivity contribution >= 4 is 141 Å². The number of fused-ring (bicyclic) bond motifs is 1. The zero-order valence-corrected chi connectivity index (χ0v) is 72.2. The van der Waals surface area contributed by atoms with Crippen LogP contribution in [-0.4, -0.2) is 5.78 Å². The number of carbonyl (C=O) groups is 1. The summed E-state index contributed by atoms with van der Waals surface area (Å²) < 4.78 is 0. The second-order valence-corrected chi connectivity index (χ2v) is 41.8. The Bertz CT molecular complexity index is 5490. The van der Waals surface area contributed by atoms with E-state index in [1.54, 1.807) is 22.3 Å². The molecule has 0 aliphatic heterocycles. The first-order chi connectivity index (χ1) is 52.7. The molecule has 0 unspecified atom stereocenters. The van der Waals surface area contributed by atoms with Crippen LogP contribution in [0.3, 0.4) is 0 Å². The van der Waals surface area contributed by atoms with Crippen LogP contribution < -0.4 is 0 Å². The van der Waals surface area contributed by atoms with Gasteiger partial charge < -0.3 is 0 Å². The summed E-state index contributed by atoms with van der Waals surface area (Å²) in [4.78, 5) is 40.5. The van der Waals surface area contributed by atoms with Gasteiger partial charge in [0.15, 0.2) is 5.78 Å². The highest BCUT2D eigenvalue weighted by Crippen LogP contribution is 2.71. The smallest absolute Gasteiger partial charge is 0.193 e. The van der Waals surface area contributed by atoms with Crippen molar-refractivity contribution in [3.05, 3.63) is 258 Å². The van der Waals surface area contributed by atoms with Crippen LogP contribution in [0.1, 0.15) is 207 Å². The highest BCUT2D eigenvalue weighted by atomic mass is 32.1. The molecule has 108 heavy (non-hydrogen) atoms. The summed E-state index contributed by atoms with van der Waals surface area (Å²) in [5.74, 6) is 0.0598. The molecule has 0 amide bonds. The Hall–Kier alpha value is -6.45. The largest absolute Gasteiger partial charge is 0.289 e. The molecule has 4 aliphatic carbocycles. The molecular weight excluding hydrogens is 1500 g/mol. The normalized spacial score (nSPS) is 17.0. The maximum absolute atomic E-state index is 15.8. The Balaban J connectivity index is 0.793. The van der Waals surface area contributed by atoms with Gasteiger partial charge >= 0.3 is 0 Å². The van der Waals surface area contributed by atoms with Crippen molar-refractivity contribution in [1.29, 1.82) is 0 Å². The van der Waals surface area contributed by atoms with E-state index in [0.29, 0.717) is 0 Å². The van der Waals surface area contributed by atoms with Gasteiger partial charge in [-0.15, -0.1) is 113 Å². The van der Waals surface area contributed by atoms with Crippen LogP contribution in [0.2, 0.25) is 0 Å². The summed E-state index contributed by atoms with van der Waals surface area (Å²) in [6, 6.07) is 52.4. The molecule has 0 radical (unpaired) electrons. The fourth-order valence-electron chi connectivity index (χ4n) is 17.0. The van der Waals surface area contributed by atoms with Crippen molar-refractivity contribution in [2.45, 2.75) is 191 Å². The molecule has 552 valence electrons. The zero-order chi connectivity index (χ0) is 74.3. The van der Waals surface area contributed by atoms with Gasteiger partial charge in [-0.2, -0.15) is 0 Å². The Kier molecular flexibility index (Phi) is 22.9. The first-order valence-electron chi connectivity index (χ1n) is 39.8. The van der Waals surface area contributed by atoms with E-state index in [1.807, 2.05) is 96.8 Å². The number of hydrogen-bond acceptors (Lipinski definition) is 11. The van der Waals surface area contributed by atoms with Gasteiger partial charge in [-0.05, 0) is 249 Å².